The number of hydrogen-bond acceptors (Lipinski definition) is 4. The Morgan fingerprint density at radius 1 is 1.07 bits per heavy atom. The van der Waals surface area contributed by atoms with Gasteiger partial charge in [0.25, 0.3) is 0 Å². The van der Waals surface area contributed by atoms with Crippen molar-refractivity contribution >= 4 is 17.5 Å². The quantitative estimate of drug-likeness (QED) is 0.782. The van der Waals surface area contributed by atoms with E-state index in [1.165, 1.54) is 5.56 Å². The molecule has 2 aromatic carbocycles. The van der Waals surface area contributed by atoms with Crippen LogP contribution >= 0.6 is 0 Å². The summed E-state index contributed by atoms with van der Waals surface area (Å²) in [4.78, 5) is 26.6. The summed E-state index contributed by atoms with van der Waals surface area (Å²) >= 11 is 0. The van der Waals surface area contributed by atoms with Gasteiger partial charge in [0.2, 0.25) is 11.8 Å². The highest BCUT2D eigenvalue weighted by Gasteiger charge is 2.35. The van der Waals surface area contributed by atoms with Crippen LogP contribution < -0.4 is 19.7 Å². The molecule has 0 radical (unpaired) electrons. The molecule has 2 heterocycles. The van der Waals surface area contributed by atoms with Gasteiger partial charge in [-0.15, -0.1) is 0 Å². The lowest BCUT2D eigenvalue weighted by Gasteiger charge is -2.22. The van der Waals surface area contributed by atoms with Crippen LogP contribution in [0.1, 0.15) is 18.4 Å². The van der Waals surface area contributed by atoms with Gasteiger partial charge in [-0.25, -0.2) is 0 Å². The van der Waals surface area contributed by atoms with Gasteiger partial charge in [0.05, 0.1) is 5.92 Å². The first-order valence-corrected chi connectivity index (χ1v) is 9.72. The summed E-state index contributed by atoms with van der Waals surface area (Å²) in [6, 6.07) is 15.7. The average Bonchev–Trinajstić information content (AvgIpc) is 3.13. The van der Waals surface area contributed by atoms with E-state index < -0.39 is 0 Å². The molecule has 0 aromatic heterocycles. The van der Waals surface area contributed by atoms with Crippen LogP contribution in [0.2, 0.25) is 0 Å². The monoisotopic (exact) mass is 380 g/mol. The number of fused-ring (bicyclic) bond motifs is 1. The zero-order valence-corrected chi connectivity index (χ0v) is 15.7. The Kier molecular flexibility index (Phi) is 5.46. The Balaban J connectivity index is 1.29. The molecule has 4 rings (SSSR count). The van der Waals surface area contributed by atoms with E-state index in [-0.39, 0.29) is 24.2 Å². The smallest absolute Gasteiger partial charge is 0.227 e. The van der Waals surface area contributed by atoms with Crippen LogP contribution in [-0.4, -0.2) is 38.1 Å². The van der Waals surface area contributed by atoms with E-state index in [0.29, 0.717) is 37.8 Å². The lowest BCUT2D eigenvalue weighted by molar-refractivity contribution is -0.126. The summed E-state index contributed by atoms with van der Waals surface area (Å²) in [6.07, 6.45) is 2.04. The number of nitrogens with one attached hydrogen (secondary N) is 1. The third-order valence-electron chi connectivity index (χ3n) is 5.12. The van der Waals surface area contributed by atoms with Gasteiger partial charge in [0.15, 0.2) is 11.5 Å². The molecule has 0 bridgehead atoms. The van der Waals surface area contributed by atoms with Crippen molar-refractivity contribution in [2.24, 2.45) is 5.92 Å². The molecule has 1 N–H and O–H groups in total. The second-order valence-corrected chi connectivity index (χ2v) is 7.11. The zero-order chi connectivity index (χ0) is 19.3. The fourth-order valence-corrected chi connectivity index (χ4v) is 3.63. The van der Waals surface area contributed by atoms with E-state index in [4.69, 9.17) is 9.47 Å². The van der Waals surface area contributed by atoms with E-state index >= 15 is 0 Å². The van der Waals surface area contributed by atoms with Crippen molar-refractivity contribution in [1.29, 1.82) is 0 Å². The van der Waals surface area contributed by atoms with Crippen molar-refractivity contribution in [3.05, 3.63) is 54.1 Å². The third-order valence-corrected chi connectivity index (χ3v) is 5.12. The predicted molar refractivity (Wildman–Crippen MR) is 106 cm³/mol. The highest BCUT2D eigenvalue weighted by atomic mass is 16.6. The van der Waals surface area contributed by atoms with Gasteiger partial charge >= 0.3 is 0 Å². The summed E-state index contributed by atoms with van der Waals surface area (Å²) in [5, 5.41) is 2.97. The minimum Gasteiger partial charge on any atom is -0.486 e. The first-order chi connectivity index (χ1) is 13.7. The standard InChI is InChI=1S/C22H24N2O4/c25-21-13-17(22(26)23-10-4-7-16-5-2-1-3-6-16)15-24(21)18-8-9-19-20(14-18)28-12-11-27-19/h1-3,5-6,8-9,14,17H,4,7,10-13,15H2,(H,23,26)/t17-/m0/s1. The molecule has 1 atom stereocenters. The maximum atomic E-state index is 12.5. The predicted octanol–water partition coefficient (Wildman–Crippen LogP) is 2.56. The number of benzene rings is 2. The van der Waals surface area contributed by atoms with Crippen molar-refractivity contribution in [3.63, 3.8) is 0 Å². The van der Waals surface area contributed by atoms with Crippen LogP contribution in [0.25, 0.3) is 0 Å². The second-order valence-electron chi connectivity index (χ2n) is 7.11. The number of aryl methyl sites for hydroxylation is 1. The minimum absolute atomic E-state index is 0.0406. The molecule has 1 fully saturated rings. The topological polar surface area (TPSA) is 67.9 Å². The van der Waals surface area contributed by atoms with Crippen LogP contribution in [0, 0.1) is 5.92 Å². The number of anilines is 1. The first-order valence-electron chi connectivity index (χ1n) is 9.72. The van der Waals surface area contributed by atoms with Crippen molar-refractivity contribution in [3.8, 4) is 11.5 Å². The number of carbonyl (C=O) groups is 2. The molecule has 6 nitrogen and oxygen atoms in total. The SMILES string of the molecule is O=C(NCCCc1ccccc1)[C@H]1CC(=O)N(c2ccc3c(c2)OCCO3)C1. The molecule has 2 aromatic rings. The maximum absolute atomic E-state index is 12.5. The molecule has 1 saturated heterocycles. The minimum atomic E-state index is -0.322. The largest absolute Gasteiger partial charge is 0.486 e. The molecule has 0 spiro atoms. The highest BCUT2D eigenvalue weighted by Crippen LogP contribution is 2.35. The Morgan fingerprint density at radius 3 is 2.68 bits per heavy atom. The number of carbonyl (C=O) groups excluding carboxylic acids is 2. The molecule has 2 aliphatic heterocycles. The fraction of sp³-hybridized carbons (Fsp3) is 0.364. The van der Waals surface area contributed by atoms with Crippen LogP contribution in [0.3, 0.4) is 0 Å². The van der Waals surface area contributed by atoms with E-state index in [2.05, 4.69) is 17.4 Å². The van der Waals surface area contributed by atoms with Gasteiger partial charge in [-0.05, 0) is 30.5 Å². The van der Waals surface area contributed by atoms with Gasteiger partial charge in [0.1, 0.15) is 13.2 Å². The summed E-state index contributed by atoms with van der Waals surface area (Å²) in [5.74, 6) is 0.916. The lowest BCUT2D eigenvalue weighted by atomic mass is 10.1. The van der Waals surface area contributed by atoms with E-state index in [1.54, 1.807) is 4.90 Å². The summed E-state index contributed by atoms with van der Waals surface area (Å²) < 4.78 is 11.1. The van der Waals surface area contributed by atoms with E-state index in [1.807, 2.05) is 36.4 Å². The number of ether oxygens (including phenoxy) is 2. The molecule has 0 unspecified atom stereocenters. The van der Waals surface area contributed by atoms with Gasteiger partial charge in [-0.2, -0.15) is 0 Å². The Morgan fingerprint density at radius 2 is 1.86 bits per heavy atom. The summed E-state index contributed by atoms with van der Waals surface area (Å²) in [7, 11) is 0. The van der Waals surface area contributed by atoms with E-state index in [0.717, 1.165) is 18.5 Å². The Bertz CT molecular complexity index is 853. The zero-order valence-electron chi connectivity index (χ0n) is 15.7. The summed E-state index contributed by atoms with van der Waals surface area (Å²) in [5.41, 5.74) is 2.01. The molecule has 6 heteroatoms. The summed E-state index contributed by atoms with van der Waals surface area (Å²) in [6.45, 7) is 2.03. The van der Waals surface area contributed by atoms with Gasteiger partial charge in [-0.1, -0.05) is 30.3 Å². The molecule has 28 heavy (non-hydrogen) atoms. The molecule has 2 aliphatic rings. The van der Waals surface area contributed by atoms with Crippen LogP contribution in [0.15, 0.2) is 48.5 Å². The van der Waals surface area contributed by atoms with E-state index in [9.17, 15) is 9.59 Å². The van der Waals surface area contributed by atoms with Crippen LogP contribution in [-0.2, 0) is 16.0 Å². The molecule has 0 aliphatic carbocycles. The number of nitrogens with zero attached hydrogens (tertiary/aromatic N) is 1. The normalized spacial score (nSPS) is 18.2. The van der Waals surface area contributed by atoms with Crippen molar-refractivity contribution in [2.75, 3.05) is 31.2 Å². The van der Waals surface area contributed by atoms with Gasteiger partial charge in [0, 0.05) is 31.3 Å². The van der Waals surface area contributed by atoms with Crippen molar-refractivity contribution in [2.45, 2.75) is 19.3 Å². The van der Waals surface area contributed by atoms with Crippen LogP contribution in [0.5, 0.6) is 11.5 Å². The highest BCUT2D eigenvalue weighted by molar-refractivity contribution is 6.00. The lowest BCUT2D eigenvalue weighted by Crippen LogP contribution is -2.33. The van der Waals surface area contributed by atoms with Gasteiger partial charge in [-0.3, -0.25) is 9.59 Å². The molecular formula is C22H24N2O4. The fourth-order valence-electron chi connectivity index (χ4n) is 3.63. The van der Waals surface area contributed by atoms with Crippen LogP contribution in [0.4, 0.5) is 5.69 Å². The second kappa shape index (κ2) is 8.33. The number of amides is 2. The average molecular weight is 380 g/mol. The number of rotatable bonds is 6. The third kappa shape index (κ3) is 4.11. The first kappa shape index (κ1) is 18.3. The molecule has 0 saturated carbocycles. The Labute approximate surface area is 164 Å². The molecular weight excluding hydrogens is 356 g/mol. The molecule has 146 valence electrons. The van der Waals surface area contributed by atoms with Crippen molar-refractivity contribution < 1.29 is 19.1 Å². The van der Waals surface area contributed by atoms with Crippen molar-refractivity contribution in [1.82, 2.24) is 5.32 Å². The number of hydrogen-bond donors (Lipinski definition) is 1. The Hall–Kier alpha value is -3.02. The maximum Gasteiger partial charge on any atom is 0.227 e. The molecule has 2 amide bonds. The van der Waals surface area contributed by atoms with Gasteiger partial charge < -0.3 is 19.7 Å².